The Balaban J connectivity index is 1.66. The summed E-state index contributed by atoms with van der Waals surface area (Å²) in [6, 6.07) is 15.6. The first kappa shape index (κ1) is 19.2. The minimum absolute atomic E-state index is 0.485. The Kier molecular flexibility index (Phi) is 4.61. The fourth-order valence-electron chi connectivity index (χ4n) is 5.30. The molecule has 0 aliphatic heterocycles. The zero-order chi connectivity index (χ0) is 20.9. The van der Waals surface area contributed by atoms with Gasteiger partial charge < -0.3 is 0 Å². The van der Waals surface area contributed by atoms with Crippen LogP contribution in [0.2, 0.25) is 0 Å². The van der Waals surface area contributed by atoms with Gasteiger partial charge in [0.25, 0.3) is 0 Å². The van der Waals surface area contributed by atoms with E-state index in [0.717, 1.165) is 11.2 Å². The zero-order valence-electron chi connectivity index (χ0n) is 18.5. The molecule has 0 N–H and O–H groups in total. The lowest BCUT2D eigenvalue weighted by atomic mass is 9.71. The van der Waals surface area contributed by atoms with Gasteiger partial charge in [-0.2, -0.15) is 0 Å². The lowest BCUT2D eigenvalue weighted by Gasteiger charge is -2.34. The molecule has 4 aromatic rings. The van der Waals surface area contributed by atoms with Crippen LogP contribution in [0.5, 0.6) is 0 Å². The Hall–Kier alpha value is -2.74. The van der Waals surface area contributed by atoms with Gasteiger partial charge in [-0.25, -0.2) is 0 Å². The van der Waals surface area contributed by atoms with Crippen LogP contribution in [-0.2, 0) is 0 Å². The minimum Gasteiger partial charge on any atom is -0.256 e. The van der Waals surface area contributed by atoms with Crippen LogP contribution in [0.3, 0.4) is 0 Å². The Morgan fingerprint density at radius 3 is 2.17 bits per heavy atom. The number of rotatable bonds is 2. The SMILES string of the molecule is Cc1cc(C)cc(-c2nccc3c2ccc2c(C4CCC(C)(C)CC4)ccnc23)c1. The summed E-state index contributed by atoms with van der Waals surface area (Å²) in [5.74, 6) is 0.640. The van der Waals surface area contributed by atoms with Gasteiger partial charge in [-0.3, -0.25) is 9.97 Å². The van der Waals surface area contributed by atoms with Gasteiger partial charge in [0.05, 0.1) is 11.2 Å². The summed E-state index contributed by atoms with van der Waals surface area (Å²) >= 11 is 0. The molecule has 1 aliphatic carbocycles. The van der Waals surface area contributed by atoms with Crippen LogP contribution in [0, 0.1) is 19.3 Å². The number of aryl methyl sites for hydroxylation is 2. The minimum atomic E-state index is 0.485. The van der Waals surface area contributed by atoms with E-state index in [4.69, 9.17) is 9.97 Å². The maximum Gasteiger partial charge on any atom is 0.0784 e. The standard InChI is InChI=1S/C28H30N2/c1-18-15-19(2)17-21(16-18)26-24-6-5-23-22(20-7-11-28(3,4)12-8-20)9-13-30-27(23)25(24)10-14-29-26/h5-6,9-10,13-17,20H,7-8,11-12H2,1-4H3. The number of benzene rings is 2. The van der Waals surface area contributed by atoms with Gasteiger partial charge in [-0.15, -0.1) is 0 Å². The van der Waals surface area contributed by atoms with Gasteiger partial charge in [0.2, 0.25) is 0 Å². The molecule has 2 aromatic carbocycles. The van der Waals surface area contributed by atoms with Crippen molar-refractivity contribution < 1.29 is 0 Å². The lowest BCUT2D eigenvalue weighted by molar-refractivity contribution is 0.225. The first-order valence-electron chi connectivity index (χ1n) is 11.2. The molecule has 1 aliphatic rings. The van der Waals surface area contributed by atoms with Gasteiger partial charge >= 0.3 is 0 Å². The molecule has 0 saturated heterocycles. The highest BCUT2D eigenvalue weighted by Gasteiger charge is 2.28. The number of nitrogens with zero attached hydrogens (tertiary/aromatic N) is 2. The van der Waals surface area contributed by atoms with Crippen molar-refractivity contribution in [2.45, 2.75) is 59.3 Å². The molecule has 0 bridgehead atoms. The highest BCUT2D eigenvalue weighted by molar-refractivity contribution is 6.10. The van der Waals surface area contributed by atoms with Crippen LogP contribution in [0.25, 0.3) is 32.9 Å². The van der Waals surface area contributed by atoms with Crippen LogP contribution in [0.15, 0.2) is 54.9 Å². The molecule has 0 unspecified atom stereocenters. The summed E-state index contributed by atoms with van der Waals surface area (Å²) in [7, 11) is 0. The van der Waals surface area contributed by atoms with E-state index >= 15 is 0 Å². The molecule has 1 saturated carbocycles. The summed E-state index contributed by atoms with van der Waals surface area (Å²) in [5, 5.41) is 3.70. The average molecular weight is 395 g/mol. The van der Waals surface area contributed by atoms with Crippen molar-refractivity contribution in [2.24, 2.45) is 5.41 Å². The first-order chi connectivity index (χ1) is 14.4. The molecule has 1 fully saturated rings. The van der Waals surface area contributed by atoms with Gasteiger partial charge in [0.15, 0.2) is 0 Å². The number of hydrogen-bond donors (Lipinski definition) is 0. The summed E-state index contributed by atoms with van der Waals surface area (Å²) < 4.78 is 0. The molecule has 0 atom stereocenters. The Morgan fingerprint density at radius 1 is 0.767 bits per heavy atom. The Bertz CT molecular complexity index is 1220. The molecule has 2 aromatic heterocycles. The number of pyridine rings is 2. The van der Waals surface area contributed by atoms with Crippen molar-refractivity contribution >= 4 is 21.7 Å². The van der Waals surface area contributed by atoms with E-state index in [9.17, 15) is 0 Å². The van der Waals surface area contributed by atoms with Crippen molar-refractivity contribution in [2.75, 3.05) is 0 Å². The predicted molar refractivity (Wildman–Crippen MR) is 127 cm³/mol. The van der Waals surface area contributed by atoms with Crippen LogP contribution in [0.4, 0.5) is 0 Å². The van der Waals surface area contributed by atoms with E-state index in [0.29, 0.717) is 11.3 Å². The Morgan fingerprint density at radius 2 is 1.43 bits per heavy atom. The summed E-state index contributed by atoms with van der Waals surface area (Å²) in [4.78, 5) is 9.60. The van der Waals surface area contributed by atoms with Gasteiger partial charge in [-0.1, -0.05) is 43.2 Å². The molecule has 0 radical (unpaired) electrons. The number of aromatic nitrogens is 2. The molecule has 2 heterocycles. The molecule has 2 nitrogen and oxygen atoms in total. The fraction of sp³-hybridized carbons (Fsp3) is 0.357. The third-order valence-corrected chi connectivity index (χ3v) is 6.96. The van der Waals surface area contributed by atoms with E-state index in [2.05, 4.69) is 70.2 Å². The van der Waals surface area contributed by atoms with E-state index < -0.39 is 0 Å². The van der Waals surface area contributed by atoms with Crippen molar-refractivity contribution in [3.8, 4) is 11.3 Å². The normalized spacial score (nSPS) is 16.9. The third-order valence-electron chi connectivity index (χ3n) is 6.96. The molecular weight excluding hydrogens is 364 g/mol. The highest BCUT2D eigenvalue weighted by Crippen LogP contribution is 2.44. The van der Waals surface area contributed by atoms with Crippen molar-refractivity contribution in [1.29, 1.82) is 0 Å². The van der Waals surface area contributed by atoms with Gasteiger partial charge in [0.1, 0.15) is 0 Å². The fourth-order valence-corrected chi connectivity index (χ4v) is 5.30. The monoisotopic (exact) mass is 394 g/mol. The van der Waals surface area contributed by atoms with E-state index in [-0.39, 0.29) is 0 Å². The van der Waals surface area contributed by atoms with Crippen LogP contribution in [0.1, 0.15) is 62.1 Å². The van der Waals surface area contributed by atoms with Crippen molar-refractivity contribution in [1.82, 2.24) is 9.97 Å². The second kappa shape index (κ2) is 7.19. The maximum absolute atomic E-state index is 4.84. The topological polar surface area (TPSA) is 25.8 Å². The van der Waals surface area contributed by atoms with Crippen LogP contribution >= 0.6 is 0 Å². The van der Waals surface area contributed by atoms with Crippen molar-refractivity contribution in [3.63, 3.8) is 0 Å². The van der Waals surface area contributed by atoms with Gasteiger partial charge in [-0.05, 0) is 80.7 Å². The lowest BCUT2D eigenvalue weighted by Crippen LogP contribution is -2.20. The Labute approximate surface area is 179 Å². The summed E-state index contributed by atoms with van der Waals surface area (Å²) in [5.41, 5.74) is 7.84. The average Bonchev–Trinajstić information content (AvgIpc) is 2.72. The summed E-state index contributed by atoms with van der Waals surface area (Å²) in [6.45, 7) is 9.11. The van der Waals surface area contributed by atoms with E-state index in [1.54, 1.807) is 0 Å². The molecular formula is C28H30N2. The van der Waals surface area contributed by atoms with E-state index in [1.165, 1.54) is 64.1 Å². The summed E-state index contributed by atoms with van der Waals surface area (Å²) in [6.07, 6.45) is 9.09. The van der Waals surface area contributed by atoms with Crippen LogP contribution in [-0.4, -0.2) is 9.97 Å². The second-order valence-electron chi connectivity index (χ2n) is 9.93. The van der Waals surface area contributed by atoms with E-state index in [1.807, 2.05) is 12.4 Å². The quantitative estimate of drug-likeness (QED) is 0.325. The first-order valence-corrected chi connectivity index (χ1v) is 11.2. The van der Waals surface area contributed by atoms with Gasteiger partial charge in [0, 0.05) is 34.1 Å². The van der Waals surface area contributed by atoms with Crippen molar-refractivity contribution in [3.05, 3.63) is 71.5 Å². The number of fused-ring (bicyclic) bond motifs is 3. The smallest absolute Gasteiger partial charge is 0.0784 e. The number of hydrogen-bond acceptors (Lipinski definition) is 2. The second-order valence-corrected chi connectivity index (χ2v) is 9.93. The largest absolute Gasteiger partial charge is 0.256 e. The maximum atomic E-state index is 4.84. The molecule has 5 rings (SSSR count). The molecule has 2 heteroatoms. The predicted octanol–water partition coefficient (Wildman–Crippen LogP) is 7.75. The highest BCUT2D eigenvalue weighted by atomic mass is 14.7. The zero-order valence-corrected chi connectivity index (χ0v) is 18.5. The molecule has 0 amide bonds. The van der Waals surface area contributed by atoms with Crippen LogP contribution < -0.4 is 0 Å². The molecule has 0 spiro atoms. The molecule has 30 heavy (non-hydrogen) atoms. The third kappa shape index (κ3) is 3.39. The molecule has 152 valence electrons.